The minimum absolute atomic E-state index is 0.343. The number of carbonyl (C=O) groups excluding carboxylic acids is 1. The number of carboxylic acids is 1. The van der Waals surface area contributed by atoms with Crippen molar-refractivity contribution in [3.8, 4) is 11.3 Å². The molecule has 8 nitrogen and oxygen atoms in total. The summed E-state index contributed by atoms with van der Waals surface area (Å²) in [5.41, 5.74) is 1.56. The summed E-state index contributed by atoms with van der Waals surface area (Å²) in [6, 6.07) is -0.899. The summed E-state index contributed by atoms with van der Waals surface area (Å²) in [5, 5.41) is 20.4. The van der Waals surface area contributed by atoms with Crippen LogP contribution in [0.4, 0.5) is 0 Å². The van der Waals surface area contributed by atoms with Crippen LogP contribution >= 0.6 is 0 Å². The number of rotatable bonds is 8. The molecule has 0 spiro atoms. The monoisotopic (exact) mass is 333 g/mol. The highest BCUT2D eigenvalue weighted by molar-refractivity contribution is 6.01. The van der Waals surface area contributed by atoms with Crippen molar-refractivity contribution in [2.24, 2.45) is 7.05 Å². The molecule has 2 heterocycles. The Morgan fingerprint density at radius 1 is 1.33 bits per heavy atom. The quantitative estimate of drug-likeness (QED) is 0.765. The van der Waals surface area contributed by atoms with Crippen LogP contribution in [-0.4, -0.2) is 42.6 Å². The fraction of sp³-hybridized carbons (Fsp3) is 0.500. The molecule has 0 bridgehead atoms. The third kappa shape index (κ3) is 4.01. The van der Waals surface area contributed by atoms with E-state index in [0.29, 0.717) is 24.2 Å². The molecule has 2 aromatic rings. The van der Waals surface area contributed by atoms with E-state index in [1.54, 1.807) is 24.1 Å². The van der Waals surface area contributed by atoms with Gasteiger partial charge in [-0.1, -0.05) is 19.8 Å². The van der Waals surface area contributed by atoms with Crippen LogP contribution in [-0.2, 0) is 18.4 Å². The van der Waals surface area contributed by atoms with Crippen LogP contribution in [0.3, 0.4) is 0 Å². The zero-order valence-corrected chi connectivity index (χ0v) is 14.2. The van der Waals surface area contributed by atoms with Crippen molar-refractivity contribution in [1.29, 1.82) is 0 Å². The average Bonchev–Trinajstić information content (AvgIpc) is 3.16. The normalized spacial score (nSPS) is 12.1. The van der Waals surface area contributed by atoms with Crippen molar-refractivity contribution < 1.29 is 14.7 Å². The third-order valence-corrected chi connectivity index (χ3v) is 3.75. The van der Waals surface area contributed by atoms with E-state index in [9.17, 15) is 14.7 Å². The molecule has 8 heteroatoms. The van der Waals surface area contributed by atoms with Crippen molar-refractivity contribution >= 4 is 11.9 Å². The van der Waals surface area contributed by atoms with Gasteiger partial charge in [-0.3, -0.25) is 14.2 Å². The molecule has 0 aliphatic heterocycles. The number of hydrogen-bond donors (Lipinski definition) is 2. The van der Waals surface area contributed by atoms with Gasteiger partial charge in [0, 0.05) is 31.5 Å². The first-order valence-electron chi connectivity index (χ1n) is 8.06. The molecule has 0 aliphatic rings. The Balaban J connectivity index is 2.24. The summed E-state index contributed by atoms with van der Waals surface area (Å²) < 4.78 is 3.28. The van der Waals surface area contributed by atoms with Gasteiger partial charge in [0.25, 0.3) is 5.91 Å². The topological polar surface area (TPSA) is 102 Å². The summed E-state index contributed by atoms with van der Waals surface area (Å²) in [6.45, 7) is 4.66. The fourth-order valence-corrected chi connectivity index (χ4v) is 2.43. The minimum atomic E-state index is -1.03. The predicted molar refractivity (Wildman–Crippen MR) is 88.5 cm³/mol. The molecule has 0 aromatic carbocycles. The highest BCUT2D eigenvalue weighted by atomic mass is 16.4. The van der Waals surface area contributed by atoms with E-state index >= 15 is 0 Å². The molecular weight excluding hydrogens is 310 g/mol. The van der Waals surface area contributed by atoms with Gasteiger partial charge < -0.3 is 10.4 Å². The highest BCUT2D eigenvalue weighted by Crippen LogP contribution is 2.21. The van der Waals surface area contributed by atoms with Gasteiger partial charge in [0.15, 0.2) is 0 Å². The Bertz CT molecular complexity index is 719. The van der Waals surface area contributed by atoms with E-state index in [0.717, 1.165) is 18.4 Å². The van der Waals surface area contributed by atoms with Crippen molar-refractivity contribution in [3.05, 3.63) is 24.2 Å². The first-order valence-corrected chi connectivity index (χ1v) is 8.06. The molecule has 2 rings (SSSR count). The standard InChI is InChI=1S/C16H23N5O3/c1-4-6-7-13(16(23)24)18-15(22)12-10-20(3)19-14(12)11-8-17-21(5-2)9-11/h8-10,13H,4-7H2,1-3H3,(H,18,22)(H,23,24)/t13-/m0/s1. The van der Waals surface area contributed by atoms with Gasteiger partial charge in [-0.15, -0.1) is 0 Å². The van der Waals surface area contributed by atoms with E-state index in [-0.39, 0.29) is 0 Å². The van der Waals surface area contributed by atoms with Gasteiger partial charge in [-0.25, -0.2) is 4.79 Å². The SMILES string of the molecule is CCCC[C@H](NC(=O)c1cn(C)nc1-c1cnn(CC)c1)C(=O)O. The van der Waals surface area contributed by atoms with Gasteiger partial charge in [-0.2, -0.15) is 10.2 Å². The number of hydrogen-bond acceptors (Lipinski definition) is 4. The molecule has 130 valence electrons. The summed E-state index contributed by atoms with van der Waals surface area (Å²) in [4.78, 5) is 23.9. The summed E-state index contributed by atoms with van der Waals surface area (Å²) in [6.07, 6.45) is 7.06. The van der Waals surface area contributed by atoms with Gasteiger partial charge in [0.05, 0.1) is 11.8 Å². The molecule has 0 radical (unpaired) electrons. The number of aromatic nitrogens is 4. The van der Waals surface area contributed by atoms with Crippen molar-refractivity contribution in [3.63, 3.8) is 0 Å². The van der Waals surface area contributed by atoms with Crippen molar-refractivity contribution in [2.75, 3.05) is 0 Å². The smallest absolute Gasteiger partial charge is 0.326 e. The largest absolute Gasteiger partial charge is 0.480 e. The number of aryl methyl sites for hydroxylation is 2. The third-order valence-electron chi connectivity index (χ3n) is 3.75. The lowest BCUT2D eigenvalue weighted by Gasteiger charge is -2.13. The molecular formula is C16H23N5O3. The molecule has 24 heavy (non-hydrogen) atoms. The molecule has 1 amide bonds. The molecule has 0 aliphatic carbocycles. The van der Waals surface area contributed by atoms with Gasteiger partial charge in [0.2, 0.25) is 0 Å². The van der Waals surface area contributed by atoms with Gasteiger partial charge >= 0.3 is 5.97 Å². The van der Waals surface area contributed by atoms with Gasteiger partial charge in [-0.05, 0) is 13.3 Å². The lowest BCUT2D eigenvalue weighted by molar-refractivity contribution is -0.139. The van der Waals surface area contributed by atoms with E-state index < -0.39 is 17.9 Å². The Morgan fingerprint density at radius 2 is 2.08 bits per heavy atom. The summed E-state index contributed by atoms with van der Waals surface area (Å²) in [7, 11) is 1.72. The molecule has 0 saturated carbocycles. The van der Waals surface area contributed by atoms with Crippen LogP contribution in [0.5, 0.6) is 0 Å². The van der Waals surface area contributed by atoms with E-state index in [4.69, 9.17) is 0 Å². The van der Waals surface area contributed by atoms with Gasteiger partial charge in [0.1, 0.15) is 11.7 Å². The Morgan fingerprint density at radius 3 is 2.67 bits per heavy atom. The zero-order valence-electron chi connectivity index (χ0n) is 14.2. The number of amides is 1. The van der Waals surface area contributed by atoms with Crippen LogP contribution in [0, 0.1) is 0 Å². The molecule has 2 aromatic heterocycles. The minimum Gasteiger partial charge on any atom is -0.480 e. The van der Waals surface area contributed by atoms with Crippen LogP contribution in [0.15, 0.2) is 18.6 Å². The Labute approximate surface area is 140 Å². The van der Waals surface area contributed by atoms with E-state index in [1.165, 1.54) is 4.68 Å². The summed E-state index contributed by atoms with van der Waals surface area (Å²) >= 11 is 0. The maximum atomic E-state index is 12.6. The number of carboxylic acid groups (broad SMARTS) is 1. The second-order valence-corrected chi connectivity index (χ2v) is 5.66. The predicted octanol–water partition coefficient (Wildman–Crippen LogP) is 1.68. The number of aliphatic carboxylic acids is 1. The Kier molecular flexibility index (Phi) is 5.73. The number of carbonyl (C=O) groups is 2. The van der Waals surface area contributed by atoms with Crippen LogP contribution in [0.25, 0.3) is 11.3 Å². The van der Waals surface area contributed by atoms with Crippen LogP contribution in [0.2, 0.25) is 0 Å². The Hall–Kier alpha value is -2.64. The second kappa shape index (κ2) is 7.76. The van der Waals surface area contributed by atoms with E-state index in [1.807, 2.05) is 20.0 Å². The van der Waals surface area contributed by atoms with E-state index in [2.05, 4.69) is 15.5 Å². The zero-order chi connectivity index (χ0) is 17.7. The average molecular weight is 333 g/mol. The lowest BCUT2D eigenvalue weighted by atomic mass is 10.1. The first-order chi connectivity index (χ1) is 11.5. The van der Waals surface area contributed by atoms with Crippen molar-refractivity contribution in [1.82, 2.24) is 24.9 Å². The van der Waals surface area contributed by atoms with Crippen LogP contribution in [0.1, 0.15) is 43.5 Å². The number of unbranched alkanes of at least 4 members (excludes halogenated alkanes) is 1. The number of nitrogens with one attached hydrogen (secondary N) is 1. The number of nitrogens with zero attached hydrogens (tertiary/aromatic N) is 4. The molecule has 0 fully saturated rings. The lowest BCUT2D eigenvalue weighted by Crippen LogP contribution is -2.40. The maximum Gasteiger partial charge on any atom is 0.326 e. The molecule has 0 unspecified atom stereocenters. The second-order valence-electron chi connectivity index (χ2n) is 5.66. The molecule has 0 saturated heterocycles. The maximum absolute atomic E-state index is 12.6. The molecule has 1 atom stereocenters. The summed E-state index contributed by atoms with van der Waals surface area (Å²) in [5.74, 6) is -1.47. The first kappa shape index (κ1) is 17.7. The highest BCUT2D eigenvalue weighted by Gasteiger charge is 2.24. The molecule has 2 N–H and O–H groups in total. The van der Waals surface area contributed by atoms with Crippen LogP contribution < -0.4 is 5.32 Å². The van der Waals surface area contributed by atoms with Crippen molar-refractivity contribution in [2.45, 2.75) is 45.7 Å². The fourth-order valence-electron chi connectivity index (χ4n) is 2.43.